The molecule has 0 saturated carbocycles. The van der Waals surface area contributed by atoms with Crippen molar-refractivity contribution < 1.29 is 22.5 Å². The summed E-state index contributed by atoms with van der Waals surface area (Å²) in [4.78, 5) is 23.6. The highest BCUT2D eigenvalue weighted by Crippen LogP contribution is 2.16. The van der Waals surface area contributed by atoms with Gasteiger partial charge in [-0.2, -0.15) is 0 Å². The van der Waals surface area contributed by atoms with Gasteiger partial charge >= 0.3 is 0 Å². The van der Waals surface area contributed by atoms with Crippen LogP contribution in [0.4, 0.5) is 0 Å². The average Bonchev–Trinajstić information content (AvgIpc) is 2.62. The van der Waals surface area contributed by atoms with Crippen molar-refractivity contribution in [2.24, 2.45) is 5.73 Å². The molecule has 1 rings (SSSR count). The predicted molar refractivity (Wildman–Crippen MR) is 48.8 cm³/mol. The third-order valence-electron chi connectivity index (χ3n) is 2.18. The van der Waals surface area contributed by atoms with Gasteiger partial charge < -0.3 is 15.2 Å². The molecule has 0 aromatic rings. The van der Waals surface area contributed by atoms with Crippen molar-refractivity contribution in [2.45, 2.75) is 18.9 Å². The molecule has 1 heterocycles. The molecule has 1 aliphatic rings. The van der Waals surface area contributed by atoms with E-state index in [1.165, 1.54) is 4.90 Å². The number of carbonyl (C=O) groups excluding carboxylic acids is 2. The Balaban J connectivity index is 2.51. The first kappa shape index (κ1) is 12.1. The van der Waals surface area contributed by atoms with Crippen molar-refractivity contribution in [3.63, 3.8) is 0 Å². The number of carbonyl (C=O) groups is 2. The molecule has 1 saturated heterocycles. The molecule has 15 heavy (non-hydrogen) atoms. The van der Waals surface area contributed by atoms with Gasteiger partial charge in [-0.3, -0.25) is 13.8 Å². The Labute approximate surface area is 89.0 Å². The number of primary amides is 1. The molecule has 0 spiro atoms. The zero-order valence-corrected chi connectivity index (χ0v) is 8.70. The quantitative estimate of drug-likeness (QED) is 0.582. The van der Waals surface area contributed by atoms with Crippen molar-refractivity contribution in [1.82, 2.24) is 4.90 Å². The number of amides is 2. The standard InChI is InChI=1S/C7H12N2O5S/c8-7(11)5-2-1-3-9(5)6(10)4-14-15(12)13/h5H,1-4H2,(H2,8,11)(H,12,13)/p-1. The van der Waals surface area contributed by atoms with Gasteiger partial charge in [0.1, 0.15) is 12.6 Å². The summed E-state index contributed by atoms with van der Waals surface area (Å²) in [6.07, 6.45) is 1.20. The highest BCUT2D eigenvalue weighted by molar-refractivity contribution is 7.74. The number of likely N-dealkylation sites (tertiary alicyclic amines) is 1. The summed E-state index contributed by atoms with van der Waals surface area (Å²) in [5, 5.41) is 0. The van der Waals surface area contributed by atoms with Crippen LogP contribution in [0, 0.1) is 0 Å². The van der Waals surface area contributed by atoms with Gasteiger partial charge in [0.15, 0.2) is 0 Å². The summed E-state index contributed by atoms with van der Waals surface area (Å²) >= 11 is -2.72. The monoisotopic (exact) mass is 235 g/mol. The maximum atomic E-state index is 11.4. The van der Waals surface area contributed by atoms with Gasteiger partial charge in [-0.05, 0) is 12.8 Å². The molecule has 0 aromatic carbocycles. The van der Waals surface area contributed by atoms with Crippen LogP contribution in [0.3, 0.4) is 0 Å². The highest BCUT2D eigenvalue weighted by atomic mass is 32.2. The number of nitrogens with zero attached hydrogens (tertiary/aromatic N) is 1. The van der Waals surface area contributed by atoms with Gasteiger partial charge in [0, 0.05) is 6.54 Å². The fraction of sp³-hybridized carbons (Fsp3) is 0.714. The molecule has 2 atom stereocenters. The lowest BCUT2D eigenvalue weighted by molar-refractivity contribution is -0.138. The maximum Gasteiger partial charge on any atom is 0.250 e. The minimum atomic E-state index is -2.72. The van der Waals surface area contributed by atoms with Gasteiger partial charge in [0.05, 0.1) is 11.4 Å². The van der Waals surface area contributed by atoms with Gasteiger partial charge in [0.25, 0.3) is 5.91 Å². The molecule has 0 aliphatic carbocycles. The van der Waals surface area contributed by atoms with Crippen LogP contribution in [0.5, 0.6) is 0 Å². The van der Waals surface area contributed by atoms with Gasteiger partial charge in [0.2, 0.25) is 5.91 Å². The summed E-state index contributed by atoms with van der Waals surface area (Å²) in [6.45, 7) is -0.179. The number of hydrogen-bond donors (Lipinski definition) is 1. The minimum absolute atomic E-state index is 0.404. The Morgan fingerprint density at radius 3 is 2.80 bits per heavy atom. The Hall–Kier alpha value is -0.990. The average molecular weight is 235 g/mol. The molecule has 86 valence electrons. The predicted octanol–water partition coefficient (Wildman–Crippen LogP) is -1.73. The normalized spacial score (nSPS) is 22.7. The Morgan fingerprint density at radius 2 is 2.27 bits per heavy atom. The summed E-state index contributed by atoms with van der Waals surface area (Å²) in [5.41, 5.74) is 5.09. The van der Waals surface area contributed by atoms with E-state index in [0.717, 1.165) is 0 Å². The second kappa shape index (κ2) is 5.19. The Bertz CT molecular complexity index is 295. The van der Waals surface area contributed by atoms with E-state index in [9.17, 15) is 18.4 Å². The fourth-order valence-corrected chi connectivity index (χ4v) is 1.74. The summed E-state index contributed by atoms with van der Waals surface area (Å²) in [6, 6.07) is -0.638. The van der Waals surface area contributed by atoms with Gasteiger partial charge in [-0.1, -0.05) is 0 Å². The summed E-state index contributed by atoms with van der Waals surface area (Å²) < 4.78 is 24.2. The van der Waals surface area contributed by atoms with Crippen LogP contribution in [0.15, 0.2) is 0 Å². The molecule has 1 fully saturated rings. The van der Waals surface area contributed by atoms with E-state index in [1.807, 2.05) is 0 Å². The molecule has 0 radical (unpaired) electrons. The van der Waals surface area contributed by atoms with Crippen molar-refractivity contribution >= 4 is 23.2 Å². The summed E-state index contributed by atoms with van der Waals surface area (Å²) in [5.74, 6) is -1.12. The molecule has 8 heteroatoms. The van der Waals surface area contributed by atoms with E-state index in [2.05, 4.69) is 4.18 Å². The Morgan fingerprint density at radius 1 is 1.60 bits per heavy atom. The van der Waals surface area contributed by atoms with Crippen molar-refractivity contribution in [1.29, 1.82) is 0 Å². The minimum Gasteiger partial charge on any atom is -0.750 e. The van der Waals surface area contributed by atoms with Crippen molar-refractivity contribution in [2.75, 3.05) is 13.2 Å². The van der Waals surface area contributed by atoms with E-state index in [0.29, 0.717) is 19.4 Å². The first-order valence-electron chi connectivity index (χ1n) is 4.33. The SMILES string of the molecule is NC(=O)C1CCCN1C(=O)COS(=O)[O-]. The van der Waals surface area contributed by atoms with Crippen LogP contribution in [0.1, 0.15) is 12.8 Å². The third kappa shape index (κ3) is 3.26. The molecular formula is C7H11N2O5S-. The van der Waals surface area contributed by atoms with Gasteiger partial charge in [-0.15, -0.1) is 0 Å². The van der Waals surface area contributed by atoms with Crippen LogP contribution < -0.4 is 5.73 Å². The van der Waals surface area contributed by atoms with Crippen molar-refractivity contribution in [3.8, 4) is 0 Å². The second-order valence-corrected chi connectivity index (χ2v) is 3.76. The number of hydrogen-bond acceptors (Lipinski definition) is 5. The van der Waals surface area contributed by atoms with Gasteiger partial charge in [-0.25, -0.2) is 4.21 Å². The topological polar surface area (TPSA) is 113 Å². The fourth-order valence-electron chi connectivity index (χ4n) is 1.54. The molecule has 0 aromatic heterocycles. The van der Waals surface area contributed by atoms with E-state index in [1.54, 1.807) is 0 Å². The molecule has 0 bridgehead atoms. The molecule has 2 amide bonds. The van der Waals surface area contributed by atoms with Crippen LogP contribution in [0.25, 0.3) is 0 Å². The maximum absolute atomic E-state index is 11.4. The summed E-state index contributed by atoms with van der Waals surface area (Å²) in [7, 11) is 0. The first-order chi connectivity index (χ1) is 7.02. The number of nitrogens with two attached hydrogens (primary N) is 1. The van der Waals surface area contributed by atoms with Crippen LogP contribution in [-0.2, 0) is 25.1 Å². The van der Waals surface area contributed by atoms with E-state index >= 15 is 0 Å². The molecule has 7 nitrogen and oxygen atoms in total. The molecular weight excluding hydrogens is 224 g/mol. The Kier molecular flexibility index (Phi) is 4.18. The zero-order chi connectivity index (χ0) is 11.4. The zero-order valence-electron chi connectivity index (χ0n) is 7.88. The molecule has 2 unspecified atom stereocenters. The van der Waals surface area contributed by atoms with Crippen LogP contribution in [-0.4, -0.2) is 44.7 Å². The third-order valence-corrected chi connectivity index (χ3v) is 2.49. The van der Waals surface area contributed by atoms with Crippen LogP contribution >= 0.6 is 0 Å². The van der Waals surface area contributed by atoms with E-state index in [4.69, 9.17) is 5.73 Å². The second-order valence-electron chi connectivity index (χ2n) is 3.11. The van der Waals surface area contributed by atoms with Crippen LogP contribution in [0.2, 0.25) is 0 Å². The smallest absolute Gasteiger partial charge is 0.250 e. The lowest BCUT2D eigenvalue weighted by Crippen LogP contribution is -2.45. The largest absolute Gasteiger partial charge is 0.750 e. The highest BCUT2D eigenvalue weighted by Gasteiger charge is 2.32. The van der Waals surface area contributed by atoms with E-state index in [-0.39, 0.29) is 0 Å². The molecule has 2 N–H and O–H groups in total. The lowest BCUT2D eigenvalue weighted by atomic mass is 10.2. The van der Waals surface area contributed by atoms with Crippen molar-refractivity contribution in [3.05, 3.63) is 0 Å². The first-order valence-corrected chi connectivity index (χ1v) is 5.33. The number of rotatable bonds is 4. The van der Waals surface area contributed by atoms with E-state index < -0.39 is 35.8 Å². The lowest BCUT2D eigenvalue weighted by Gasteiger charge is -2.21. The molecule has 1 aliphatic heterocycles.